The Balaban J connectivity index is 1.72. The van der Waals surface area contributed by atoms with Crippen LogP contribution in [0.5, 0.6) is 0 Å². The van der Waals surface area contributed by atoms with Crippen LogP contribution in [0.15, 0.2) is 66.1 Å². The maximum Gasteiger partial charge on any atom is 0.253 e. The van der Waals surface area contributed by atoms with Crippen LogP contribution in [0.25, 0.3) is 6.08 Å². The Labute approximate surface area is 190 Å². The SMILES string of the molecule is CC(=O)N(c1ccccc1)c1nc(/C=C/C(=O)Nc2ccccc2C(=O)NC(C)C)cs1. The number of hydrogen-bond donors (Lipinski definition) is 2. The molecule has 0 spiro atoms. The van der Waals surface area contributed by atoms with Crippen molar-refractivity contribution in [2.75, 3.05) is 10.2 Å². The predicted octanol–water partition coefficient (Wildman–Crippen LogP) is 4.62. The summed E-state index contributed by atoms with van der Waals surface area (Å²) in [6.45, 7) is 5.22. The van der Waals surface area contributed by atoms with Crippen molar-refractivity contribution in [1.29, 1.82) is 0 Å². The van der Waals surface area contributed by atoms with Crippen LogP contribution in [0.3, 0.4) is 0 Å². The molecule has 0 aliphatic carbocycles. The minimum Gasteiger partial charge on any atom is -0.350 e. The summed E-state index contributed by atoms with van der Waals surface area (Å²) in [5.41, 5.74) is 2.08. The van der Waals surface area contributed by atoms with E-state index >= 15 is 0 Å². The standard InChI is InChI=1S/C24H24N4O3S/c1-16(2)25-23(31)20-11-7-8-12-21(20)27-22(30)14-13-18-15-32-24(26-18)28(17(3)29)19-9-5-4-6-10-19/h4-16H,1-3H3,(H,25,31)(H,27,30)/b14-13+. The fraction of sp³-hybridized carbons (Fsp3) is 0.167. The molecular formula is C24H24N4O3S. The molecule has 0 aliphatic rings. The van der Waals surface area contributed by atoms with Gasteiger partial charge in [-0.3, -0.25) is 19.3 Å². The molecule has 0 fully saturated rings. The average molecular weight is 449 g/mol. The molecule has 1 aromatic heterocycles. The number of rotatable bonds is 7. The summed E-state index contributed by atoms with van der Waals surface area (Å²) in [6.07, 6.45) is 2.91. The Morgan fingerprint density at radius 3 is 2.41 bits per heavy atom. The highest BCUT2D eigenvalue weighted by atomic mass is 32.1. The fourth-order valence-electron chi connectivity index (χ4n) is 2.93. The predicted molar refractivity (Wildman–Crippen MR) is 128 cm³/mol. The topological polar surface area (TPSA) is 91.4 Å². The molecule has 3 aromatic rings. The van der Waals surface area contributed by atoms with Crippen LogP contribution >= 0.6 is 11.3 Å². The van der Waals surface area contributed by atoms with E-state index in [9.17, 15) is 14.4 Å². The van der Waals surface area contributed by atoms with E-state index in [-0.39, 0.29) is 17.9 Å². The molecule has 7 nitrogen and oxygen atoms in total. The first kappa shape index (κ1) is 22.9. The summed E-state index contributed by atoms with van der Waals surface area (Å²) in [5.74, 6) is -0.805. The molecule has 3 amide bonds. The van der Waals surface area contributed by atoms with Gasteiger partial charge in [-0.1, -0.05) is 30.3 Å². The van der Waals surface area contributed by atoms with E-state index in [4.69, 9.17) is 0 Å². The zero-order valence-corrected chi connectivity index (χ0v) is 18.8. The second-order valence-corrected chi connectivity index (χ2v) is 8.08. The van der Waals surface area contributed by atoms with Crippen molar-refractivity contribution in [1.82, 2.24) is 10.3 Å². The molecule has 0 bridgehead atoms. The minimum absolute atomic E-state index is 0.0181. The zero-order valence-electron chi connectivity index (χ0n) is 18.0. The Hall–Kier alpha value is -3.78. The summed E-state index contributed by atoms with van der Waals surface area (Å²) in [6, 6.07) is 16.0. The number of aromatic nitrogens is 1. The molecule has 0 saturated heterocycles. The molecule has 32 heavy (non-hydrogen) atoms. The largest absolute Gasteiger partial charge is 0.350 e. The van der Waals surface area contributed by atoms with Crippen molar-refractivity contribution >= 4 is 51.6 Å². The van der Waals surface area contributed by atoms with Gasteiger partial charge in [0, 0.05) is 24.4 Å². The summed E-state index contributed by atoms with van der Waals surface area (Å²) in [7, 11) is 0. The molecule has 0 atom stereocenters. The van der Waals surface area contributed by atoms with Crippen LogP contribution in [-0.2, 0) is 9.59 Å². The first-order valence-electron chi connectivity index (χ1n) is 10.1. The Morgan fingerprint density at radius 1 is 1.03 bits per heavy atom. The highest BCUT2D eigenvalue weighted by molar-refractivity contribution is 7.14. The number of carbonyl (C=O) groups excluding carboxylic acids is 3. The number of amides is 3. The number of nitrogens with zero attached hydrogens (tertiary/aromatic N) is 2. The summed E-state index contributed by atoms with van der Waals surface area (Å²) < 4.78 is 0. The maximum absolute atomic E-state index is 12.4. The molecular weight excluding hydrogens is 424 g/mol. The zero-order chi connectivity index (χ0) is 23.1. The van der Waals surface area contributed by atoms with E-state index in [0.717, 1.165) is 5.69 Å². The third-order valence-corrected chi connectivity index (χ3v) is 5.13. The van der Waals surface area contributed by atoms with Crippen LogP contribution in [0.2, 0.25) is 0 Å². The second-order valence-electron chi connectivity index (χ2n) is 7.24. The maximum atomic E-state index is 12.4. The van der Waals surface area contributed by atoms with Crippen molar-refractivity contribution in [3.63, 3.8) is 0 Å². The molecule has 0 saturated carbocycles. The number of benzene rings is 2. The fourth-order valence-corrected chi connectivity index (χ4v) is 3.78. The Kier molecular flexibility index (Phi) is 7.51. The third kappa shape index (κ3) is 5.89. The number of thiazole rings is 1. The lowest BCUT2D eigenvalue weighted by atomic mass is 10.1. The van der Waals surface area contributed by atoms with Crippen molar-refractivity contribution in [2.45, 2.75) is 26.8 Å². The molecule has 0 radical (unpaired) electrons. The number of carbonyl (C=O) groups is 3. The van der Waals surface area contributed by atoms with Crippen molar-refractivity contribution < 1.29 is 14.4 Å². The number of nitrogens with one attached hydrogen (secondary N) is 2. The highest BCUT2D eigenvalue weighted by Crippen LogP contribution is 2.29. The van der Waals surface area contributed by atoms with Crippen molar-refractivity contribution in [3.8, 4) is 0 Å². The highest BCUT2D eigenvalue weighted by Gasteiger charge is 2.17. The first-order valence-corrected chi connectivity index (χ1v) is 10.9. The lowest BCUT2D eigenvalue weighted by Crippen LogP contribution is -2.30. The van der Waals surface area contributed by atoms with Gasteiger partial charge < -0.3 is 10.6 Å². The molecule has 0 unspecified atom stereocenters. The molecule has 164 valence electrons. The van der Waals surface area contributed by atoms with Crippen molar-refractivity contribution in [3.05, 3.63) is 77.3 Å². The number of para-hydroxylation sites is 2. The van der Waals surface area contributed by atoms with Gasteiger partial charge in [-0.05, 0) is 44.2 Å². The van der Waals surface area contributed by atoms with Crippen LogP contribution in [0, 0.1) is 0 Å². The molecule has 2 N–H and O–H groups in total. The van der Waals surface area contributed by atoms with Crippen LogP contribution in [0.4, 0.5) is 16.5 Å². The van der Waals surface area contributed by atoms with Gasteiger partial charge in [0.2, 0.25) is 11.8 Å². The van der Waals surface area contributed by atoms with E-state index in [2.05, 4.69) is 15.6 Å². The van der Waals surface area contributed by atoms with E-state index in [1.54, 1.807) is 35.7 Å². The number of anilines is 3. The van der Waals surface area contributed by atoms with E-state index < -0.39 is 5.91 Å². The molecule has 2 aromatic carbocycles. The first-order chi connectivity index (χ1) is 15.3. The summed E-state index contributed by atoms with van der Waals surface area (Å²) in [5, 5.41) is 7.83. The molecule has 3 rings (SSSR count). The molecule has 1 heterocycles. The van der Waals surface area contributed by atoms with Crippen LogP contribution in [0.1, 0.15) is 36.8 Å². The lowest BCUT2D eigenvalue weighted by Gasteiger charge is -2.17. The third-order valence-electron chi connectivity index (χ3n) is 4.29. The van der Waals surface area contributed by atoms with Crippen LogP contribution in [-0.4, -0.2) is 28.7 Å². The van der Waals surface area contributed by atoms with Gasteiger partial charge in [0.15, 0.2) is 5.13 Å². The van der Waals surface area contributed by atoms with E-state index in [0.29, 0.717) is 22.1 Å². The van der Waals surface area contributed by atoms with Gasteiger partial charge in [0.05, 0.1) is 22.6 Å². The lowest BCUT2D eigenvalue weighted by molar-refractivity contribution is -0.116. The molecule has 0 aliphatic heterocycles. The second kappa shape index (κ2) is 10.5. The Morgan fingerprint density at radius 2 is 1.72 bits per heavy atom. The van der Waals surface area contributed by atoms with Gasteiger partial charge in [0.1, 0.15) is 0 Å². The summed E-state index contributed by atoms with van der Waals surface area (Å²) >= 11 is 1.31. The average Bonchev–Trinajstić information content (AvgIpc) is 3.21. The monoisotopic (exact) mass is 448 g/mol. The normalized spacial score (nSPS) is 10.9. The smallest absolute Gasteiger partial charge is 0.253 e. The Bertz CT molecular complexity index is 1140. The molecule has 8 heteroatoms. The van der Waals surface area contributed by atoms with Crippen molar-refractivity contribution in [2.24, 2.45) is 0 Å². The van der Waals surface area contributed by atoms with E-state index in [1.807, 2.05) is 44.2 Å². The quantitative estimate of drug-likeness (QED) is 0.516. The van der Waals surface area contributed by atoms with E-state index in [1.165, 1.54) is 29.2 Å². The number of hydrogen-bond acceptors (Lipinski definition) is 5. The van der Waals surface area contributed by atoms with Crippen LogP contribution < -0.4 is 15.5 Å². The van der Waals surface area contributed by atoms with Gasteiger partial charge in [-0.2, -0.15) is 0 Å². The van der Waals surface area contributed by atoms with Gasteiger partial charge in [-0.25, -0.2) is 4.98 Å². The van der Waals surface area contributed by atoms with Gasteiger partial charge in [0.25, 0.3) is 5.91 Å². The van der Waals surface area contributed by atoms with Gasteiger partial charge in [-0.15, -0.1) is 11.3 Å². The summed E-state index contributed by atoms with van der Waals surface area (Å²) in [4.78, 5) is 42.9. The van der Waals surface area contributed by atoms with Gasteiger partial charge >= 0.3 is 0 Å². The minimum atomic E-state index is -0.393.